The fourth-order valence-corrected chi connectivity index (χ4v) is 2.97. The molecule has 20 heavy (non-hydrogen) atoms. The molecule has 0 bridgehead atoms. The van der Waals surface area contributed by atoms with Gasteiger partial charge >= 0.3 is 0 Å². The van der Waals surface area contributed by atoms with Crippen molar-refractivity contribution in [2.75, 3.05) is 6.54 Å². The average molecular weight is 283 g/mol. The average Bonchev–Trinajstić information content (AvgIpc) is 2.43. The van der Waals surface area contributed by atoms with Crippen LogP contribution >= 0.6 is 0 Å². The lowest BCUT2D eigenvalue weighted by Gasteiger charge is -2.35. The van der Waals surface area contributed by atoms with Gasteiger partial charge in [0.15, 0.2) is 11.6 Å². The van der Waals surface area contributed by atoms with Crippen LogP contribution in [-0.2, 0) is 0 Å². The maximum absolute atomic E-state index is 13.1. The zero-order valence-electron chi connectivity index (χ0n) is 12.1. The summed E-state index contributed by atoms with van der Waals surface area (Å²) in [7, 11) is 0. The van der Waals surface area contributed by atoms with Gasteiger partial charge in [-0.2, -0.15) is 0 Å². The predicted octanol–water partition coefficient (Wildman–Crippen LogP) is 3.41. The quantitative estimate of drug-likeness (QED) is 0.887. The highest BCUT2D eigenvalue weighted by Crippen LogP contribution is 2.29. The minimum absolute atomic E-state index is 0.368. The molecule has 1 saturated carbocycles. The van der Waals surface area contributed by atoms with Gasteiger partial charge in [0.1, 0.15) is 0 Å². The first-order chi connectivity index (χ1) is 9.49. The lowest BCUT2D eigenvalue weighted by Crippen LogP contribution is -2.42. The Hall–Kier alpha value is -1.00. The third kappa shape index (κ3) is 3.55. The van der Waals surface area contributed by atoms with Gasteiger partial charge in [-0.1, -0.05) is 32.8 Å². The van der Waals surface area contributed by atoms with E-state index in [4.69, 9.17) is 0 Å². The van der Waals surface area contributed by atoms with Crippen molar-refractivity contribution < 1.29 is 13.9 Å². The summed E-state index contributed by atoms with van der Waals surface area (Å²) in [4.78, 5) is 0. The molecule has 2 nitrogen and oxygen atoms in total. The predicted molar refractivity (Wildman–Crippen MR) is 75.3 cm³/mol. The Balaban J connectivity index is 1.91. The van der Waals surface area contributed by atoms with E-state index in [1.54, 1.807) is 0 Å². The van der Waals surface area contributed by atoms with Gasteiger partial charge in [-0.3, -0.25) is 0 Å². The van der Waals surface area contributed by atoms with Crippen LogP contribution in [0.1, 0.15) is 44.8 Å². The van der Waals surface area contributed by atoms with E-state index in [2.05, 4.69) is 19.2 Å². The van der Waals surface area contributed by atoms with Crippen LogP contribution in [0.3, 0.4) is 0 Å². The summed E-state index contributed by atoms with van der Waals surface area (Å²) >= 11 is 0. The van der Waals surface area contributed by atoms with Crippen LogP contribution in [-0.4, -0.2) is 17.7 Å². The third-order valence-electron chi connectivity index (χ3n) is 4.61. The second kappa shape index (κ2) is 6.64. The van der Waals surface area contributed by atoms with Crippen molar-refractivity contribution in [3.05, 3.63) is 35.4 Å². The summed E-state index contributed by atoms with van der Waals surface area (Å²) in [6.45, 7) is 4.85. The molecule has 1 fully saturated rings. The largest absolute Gasteiger partial charge is 0.387 e. The topological polar surface area (TPSA) is 32.3 Å². The minimum Gasteiger partial charge on any atom is -0.387 e. The molecule has 0 aliphatic heterocycles. The van der Waals surface area contributed by atoms with Crippen molar-refractivity contribution in [3.8, 4) is 0 Å². The summed E-state index contributed by atoms with van der Waals surface area (Å²) in [5.74, 6) is -0.549. The molecule has 4 atom stereocenters. The van der Waals surface area contributed by atoms with Crippen molar-refractivity contribution >= 4 is 0 Å². The van der Waals surface area contributed by atoms with Crippen LogP contribution in [0.2, 0.25) is 0 Å². The summed E-state index contributed by atoms with van der Waals surface area (Å²) in [6.07, 6.45) is 2.75. The molecule has 0 spiro atoms. The third-order valence-corrected chi connectivity index (χ3v) is 4.61. The van der Waals surface area contributed by atoms with E-state index in [9.17, 15) is 13.9 Å². The molecule has 0 radical (unpaired) electrons. The number of hydrogen-bond acceptors (Lipinski definition) is 2. The standard InChI is InChI=1S/C16H23F2NO/c1-10-4-3-5-15(11(10)2)19-9-16(20)12-6-7-13(17)14(18)8-12/h6-8,10-11,15-16,19-20H,3-5,9H2,1-2H3. The maximum atomic E-state index is 13.1. The van der Waals surface area contributed by atoms with E-state index < -0.39 is 17.7 Å². The fraction of sp³-hybridized carbons (Fsp3) is 0.625. The molecule has 112 valence electrons. The van der Waals surface area contributed by atoms with Gasteiger partial charge < -0.3 is 10.4 Å². The van der Waals surface area contributed by atoms with Crippen LogP contribution < -0.4 is 5.32 Å². The number of rotatable bonds is 4. The second-order valence-electron chi connectivity index (χ2n) is 5.97. The van der Waals surface area contributed by atoms with Crippen LogP contribution in [0.25, 0.3) is 0 Å². The van der Waals surface area contributed by atoms with E-state index in [0.29, 0.717) is 30.0 Å². The molecule has 2 N–H and O–H groups in total. The maximum Gasteiger partial charge on any atom is 0.159 e. The van der Waals surface area contributed by atoms with E-state index >= 15 is 0 Å². The first kappa shape index (κ1) is 15.4. The van der Waals surface area contributed by atoms with Gasteiger partial charge in [-0.15, -0.1) is 0 Å². The summed E-state index contributed by atoms with van der Waals surface area (Å²) in [6, 6.07) is 3.93. The molecule has 1 aromatic rings. The SMILES string of the molecule is CC1CCCC(NCC(O)c2ccc(F)c(F)c2)C1C. The highest BCUT2D eigenvalue weighted by molar-refractivity contribution is 5.20. The van der Waals surface area contributed by atoms with E-state index in [-0.39, 0.29) is 0 Å². The first-order valence-electron chi connectivity index (χ1n) is 7.35. The number of halogens is 2. The molecule has 0 heterocycles. The van der Waals surface area contributed by atoms with Crippen LogP contribution in [0, 0.1) is 23.5 Å². The van der Waals surface area contributed by atoms with Gasteiger partial charge in [0.2, 0.25) is 0 Å². The Morgan fingerprint density at radius 2 is 2.00 bits per heavy atom. The van der Waals surface area contributed by atoms with Crippen molar-refractivity contribution in [2.45, 2.75) is 45.3 Å². The Morgan fingerprint density at radius 3 is 2.70 bits per heavy atom. The highest BCUT2D eigenvalue weighted by atomic mass is 19.2. The molecular formula is C16H23F2NO. The van der Waals surface area contributed by atoms with Gasteiger partial charge in [0, 0.05) is 12.6 Å². The Kier molecular flexibility index (Phi) is 5.11. The summed E-state index contributed by atoms with van der Waals surface area (Å²) in [5, 5.41) is 13.4. The number of hydrogen-bond donors (Lipinski definition) is 2. The molecule has 0 amide bonds. The van der Waals surface area contributed by atoms with Gasteiger partial charge in [-0.05, 0) is 36.0 Å². The molecule has 1 aliphatic rings. The van der Waals surface area contributed by atoms with E-state index in [1.807, 2.05) is 0 Å². The molecular weight excluding hydrogens is 260 g/mol. The smallest absolute Gasteiger partial charge is 0.159 e. The molecule has 2 rings (SSSR count). The summed E-state index contributed by atoms with van der Waals surface area (Å²) < 4.78 is 26.0. The zero-order valence-corrected chi connectivity index (χ0v) is 12.1. The number of aliphatic hydroxyl groups excluding tert-OH is 1. The van der Waals surface area contributed by atoms with Crippen LogP contribution in [0.4, 0.5) is 8.78 Å². The monoisotopic (exact) mass is 283 g/mol. The molecule has 0 aromatic heterocycles. The Labute approximate surface area is 119 Å². The van der Waals surface area contributed by atoms with Gasteiger partial charge in [-0.25, -0.2) is 8.78 Å². The Bertz CT molecular complexity index is 452. The van der Waals surface area contributed by atoms with Crippen LogP contribution in [0.15, 0.2) is 18.2 Å². The van der Waals surface area contributed by atoms with Crippen molar-refractivity contribution in [3.63, 3.8) is 0 Å². The van der Waals surface area contributed by atoms with Crippen molar-refractivity contribution in [1.82, 2.24) is 5.32 Å². The second-order valence-corrected chi connectivity index (χ2v) is 5.97. The van der Waals surface area contributed by atoms with E-state index in [0.717, 1.165) is 18.6 Å². The zero-order chi connectivity index (χ0) is 14.7. The molecule has 4 heteroatoms. The fourth-order valence-electron chi connectivity index (χ4n) is 2.97. The van der Waals surface area contributed by atoms with Crippen molar-refractivity contribution in [1.29, 1.82) is 0 Å². The lowest BCUT2D eigenvalue weighted by molar-refractivity contribution is 0.144. The van der Waals surface area contributed by atoms with Gasteiger partial charge in [0.05, 0.1) is 6.10 Å². The molecule has 4 unspecified atom stereocenters. The first-order valence-corrected chi connectivity index (χ1v) is 7.35. The summed E-state index contributed by atoms with van der Waals surface area (Å²) in [5.41, 5.74) is 0.410. The number of nitrogens with one attached hydrogen (secondary N) is 1. The number of benzene rings is 1. The number of aliphatic hydroxyl groups is 1. The van der Waals surface area contributed by atoms with Gasteiger partial charge in [0.25, 0.3) is 0 Å². The molecule has 1 aromatic carbocycles. The Morgan fingerprint density at radius 1 is 1.25 bits per heavy atom. The van der Waals surface area contributed by atoms with E-state index in [1.165, 1.54) is 18.9 Å². The highest BCUT2D eigenvalue weighted by Gasteiger charge is 2.27. The minimum atomic E-state index is -0.916. The lowest BCUT2D eigenvalue weighted by atomic mass is 9.78. The van der Waals surface area contributed by atoms with Crippen LogP contribution in [0.5, 0.6) is 0 Å². The normalized spacial score (nSPS) is 28.4. The molecule has 0 saturated heterocycles. The molecule has 1 aliphatic carbocycles. The van der Waals surface area contributed by atoms with Crippen molar-refractivity contribution in [2.24, 2.45) is 11.8 Å².